The van der Waals surface area contributed by atoms with Crippen molar-refractivity contribution in [3.8, 4) is 0 Å². The average Bonchev–Trinajstić information content (AvgIpc) is 2.48. The Morgan fingerprint density at radius 1 is 1.11 bits per heavy atom. The minimum absolute atomic E-state index is 0. The summed E-state index contributed by atoms with van der Waals surface area (Å²) in [6, 6.07) is 6.20. The van der Waals surface area contributed by atoms with Gasteiger partial charge < -0.3 is 15.0 Å². The van der Waals surface area contributed by atoms with E-state index >= 15 is 0 Å². The summed E-state index contributed by atoms with van der Waals surface area (Å²) in [4.78, 5) is 0. The zero-order valence-corrected chi connectivity index (χ0v) is 13.1. The maximum atomic E-state index is 6.07. The molecule has 1 aliphatic rings. The molecule has 0 aliphatic carbocycles. The van der Waals surface area contributed by atoms with Crippen LogP contribution in [0.3, 0.4) is 0 Å². The molecule has 1 aromatic carbocycles. The highest BCUT2D eigenvalue weighted by atomic mass is 35.5. The summed E-state index contributed by atoms with van der Waals surface area (Å²) in [6.07, 6.45) is 0. The van der Waals surface area contributed by atoms with Crippen molar-refractivity contribution < 1.29 is 9.31 Å². The molecule has 3 nitrogen and oxygen atoms in total. The van der Waals surface area contributed by atoms with Gasteiger partial charge in [0.1, 0.15) is 0 Å². The van der Waals surface area contributed by atoms with Crippen LogP contribution in [0.1, 0.15) is 38.8 Å². The fraction of sp³-hybridized carbons (Fsp3) is 0.571. The summed E-state index contributed by atoms with van der Waals surface area (Å²) in [5, 5.41) is 0. The molecule has 19 heavy (non-hydrogen) atoms. The predicted molar refractivity (Wildman–Crippen MR) is 82.0 cm³/mol. The van der Waals surface area contributed by atoms with E-state index < -0.39 is 0 Å². The van der Waals surface area contributed by atoms with Gasteiger partial charge in [-0.05, 0) is 45.6 Å². The zero-order chi connectivity index (χ0) is 13.6. The van der Waals surface area contributed by atoms with Crippen molar-refractivity contribution in [1.82, 2.24) is 0 Å². The lowest BCUT2D eigenvalue weighted by atomic mass is 9.75. The van der Waals surface area contributed by atoms with Crippen molar-refractivity contribution in [3.63, 3.8) is 0 Å². The third-order valence-electron chi connectivity index (χ3n) is 4.09. The standard InChI is InChI=1S/C14H22BNO2.ClH/c1-10-6-7-11(9-16)8-12(10)15-17-13(2,3)14(4,5)18-15;/h6-8H,9,16H2,1-5H3;1H. The van der Waals surface area contributed by atoms with Crippen LogP contribution in [0.2, 0.25) is 0 Å². The third kappa shape index (κ3) is 2.97. The molecule has 1 fully saturated rings. The van der Waals surface area contributed by atoms with Gasteiger partial charge in [0.2, 0.25) is 0 Å². The molecule has 0 aromatic heterocycles. The molecule has 0 saturated carbocycles. The molecule has 0 unspecified atom stereocenters. The molecule has 1 aromatic rings. The van der Waals surface area contributed by atoms with Gasteiger partial charge in [-0.25, -0.2) is 0 Å². The van der Waals surface area contributed by atoms with Gasteiger partial charge >= 0.3 is 7.12 Å². The van der Waals surface area contributed by atoms with E-state index in [1.807, 2.05) is 6.07 Å². The fourth-order valence-electron chi connectivity index (χ4n) is 2.04. The van der Waals surface area contributed by atoms with Crippen LogP contribution in [0.15, 0.2) is 18.2 Å². The normalized spacial score (nSPS) is 20.2. The maximum absolute atomic E-state index is 6.07. The lowest BCUT2D eigenvalue weighted by Crippen LogP contribution is -2.41. The van der Waals surface area contributed by atoms with E-state index in [0.29, 0.717) is 6.54 Å². The molecule has 1 aliphatic heterocycles. The highest BCUT2D eigenvalue weighted by Crippen LogP contribution is 2.36. The van der Waals surface area contributed by atoms with Crippen LogP contribution in [-0.2, 0) is 15.9 Å². The molecule has 0 spiro atoms. The van der Waals surface area contributed by atoms with Crippen LogP contribution in [0.5, 0.6) is 0 Å². The van der Waals surface area contributed by atoms with Crippen LogP contribution >= 0.6 is 12.4 Å². The van der Waals surface area contributed by atoms with Crippen LogP contribution in [-0.4, -0.2) is 18.3 Å². The van der Waals surface area contributed by atoms with Crippen molar-refractivity contribution >= 4 is 25.0 Å². The van der Waals surface area contributed by atoms with Gasteiger partial charge in [-0.3, -0.25) is 0 Å². The van der Waals surface area contributed by atoms with E-state index in [0.717, 1.165) is 11.0 Å². The Kier molecular flexibility index (Phi) is 4.73. The summed E-state index contributed by atoms with van der Waals surface area (Å²) in [5.74, 6) is 0. The molecule has 1 saturated heterocycles. The van der Waals surface area contributed by atoms with Crippen molar-refractivity contribution in [3.05, 3.63) is 29.3 Å². The van der Waals surface area contributed by atoms with E-state index in [2.05, 4.69) is 46.8 Å². The predicted octanol–water partition coefficient (Wildman–Crippen LogP) is 2.17. The van der Waals surface area contributed by atoms with Gasteiger partial charge in [0.25, 0.3) is 0 Å². The van der Waals surface area contributed by atoms with Crippen molar-refractivity contribution in [2.45, 2.75) is 52.4 Å². The minimum atomic E-state index is -0.304. The first-order valence-corrected chi connectivity index (χ1v) is 6.42. The largest absolute Gasteiger partial charge is 0.495 e. The molecule has 2 N–H and O–H groups in total. The number of aryl methyl sites for hydroxylation is 1. The van der Waals surface area contributed by atoms with Gasteiger partial charge in [0.15, 0.2) is 0 Å². The van der Waals surface area contributed by atoms with Crippen LogP contribution in [0, 0.1) is 6.92 Å². The number of benzene rings is 1. The second-order valence-electron chi connectivity index (χ2n) is 5.98. The Morgan fingerprint density at radius 2 is 1.63 bits per heavy atom. The first-order chi connectivity index (χ1) is 8.27. The molecule has 0 bridgehead atoms. The van der Waals surface area contributed by atoms with Gasteiger partial charge in [-0.1, -0.05) is 23.8 Å². The quantitative estimate of drug-likeness (QED) is 0.846. The zero-order valence-electron chi connectivity index (χ0n) is 12.3. The van der Waals surface area contributed by atoms with Crippen LogP contribution in [0.4, 0.5) is 0 Å². The molecule has 1 heterocycles. The summed E-state index contributed by atoms with van der Waals surface area (Å²) in [7, 11) is -0.304. The third-order valence-corrected chi connectivity index (χ3v) is 4.09. The Morgan fingerprint density at radius 3 is 2.11 bits per heavy atom. The summed E-state index contributed by atoms with van der Waals surface area (Å²) < 4.78 is 12.1. The first-order valence-electron chi connectivity index (χ1n) is 6.42. The second-order valence-corrected chi connectivity index (χ2v) is 5.98. The Balaban J connectivity index is 0.00000180. The van der Waals surface area contributed by atoms with Gasteiger partial charge in [0.05, 0.1) is 11.2 Å². The van der Waals surface area contributed by atoms with Crippen LogP contribution < -0.4 is 11.2 Å². The van der Waals surface area contributed by atoms with Crippen molar-refractivity contribution in [2.24, 2.45) is 5.73 Å². The number of hydrogen-bond acceptors (Lipinski definition) is 3. The Bertz CT molecular complexity index is 447. The Labute approximate surface area is 122 Å². The van der Waals surface area contributed by atoms with Gasteiger partial charge in [0, 0.05) is 6.54 Å². The smallest absolute Gasteiger partial charge is 0.399 e. The second kappa shape index (κ2) is 5.45. The number of halogens is 1. The van der Waals surface area contributed by atoms with E-state index in [1.165, 1.54) is 5.56 Å². The maximum Gasteiger partial charge on any atom is 0.495 e. The molecule has 0 atom stereocenters. The average molecular weight is 284 g/mol. The van der Waals surface area contributed by atoms with E-state index in [9.17, 15) is 0 Å². The van der Waals surface area contributed by atoms with Gasteiger partial charge in [-0.15, -0.1) is 12.4 Å². The summed E-state index contributed by atoms with van der Waals surface area (Å²) in [6.45, 7) is 10.9. The summed E-state index contributed by atoms with van der Waals surface area (Å²) >= 11 is 0. The molecule has 5 heteroatoms. The minimum Gasteiger partial charge on any atom is -0.399 e. The molecule has 0 radical (unpaired) electrons. The van der Waals surface area contributed by atoms with E-state index in [-0.39, 0.29) is 30.7 Å². The molecule has 0 amide bonds. The highest BCUT2D eigenvalue weighted by molar-refractivity contribution is 6.62. The highest BCUT2D eigenvalue weighted by Gasteiger charge is 2.52. The molecule has 106 valence electrons. The lowest BCUT2D eigenvalue weighted by molar-refractivity contribution is 0.00578. The monoisotopic (exact) mass is 283 g/mol. The van der Waals surface area contributed by atoms with Crippen molar-refractivity contribution in [2.75, 3.05) is 0 Å². The molecule has 2 rings (SSSR count). The summed E-state index contributed by atoms with van der Waals surface area (Å²) in [5.41, 5.74) is 8.44. The van der Waals surface area contributed by atoms with Crippen LogP contribution in [0.25, 0.3) is 0 Å². The first kappa shape index (κ1) is 16.5. The topological polar surface area (TPSA) is 44.5 Å². The van der Waals surface area contributed by atoms with Gasteiger partial charge in [-0.2, -0.15) is 0 Å². The van der Waals surface area contributed by atoms with E-state index in [1.54, 1.807) is 0 Å². The Hall–Kier alpha value is -0.545. The van der Waals surface area contributed by atoms with Crippen molar-refractivity contribution in [1.29, 1.82) is 0 Å². The number of hydrogen-bond donors (Lipinski definition) is 1. The molecular formula is C14H23BClNO2. The SMILES string of the molecule is Cc1ccc(CN)cc1B1OC(C)(C)C(C)(C)O1.Cl. The fourth-order valence-corrected chi connectivity index (χ4v) is 2.04. The lowest BCUT2D eigenvalue weighted by Gasteiger charge is -2.32. The van der Waals surface area contributed by atoms with E-state index in [4.69, 9.17) is 15.0 Å². The number of nitrogens with two attached hydrogens (primary N) is 1. The molecular weight excluding hydrogens is 260 g/mol. The number of rotatable bonds is 2.